The fraction of sp³-hybridized carbons (Fsp3) is 0.321. The number of methoxy groups -OCH3 is 1. The van der Waals surface area contributed by atoms with Gasteiger partial charge < -0.3 is 34.3 Å². The van der Waals surface area contributed by atoms with Gasteiger partial charge in [0.05, 0.1) is 47.6 Å². The molecule has 1 aliphatic rings. The first kappa shape index (κ1) is 33.2. The molecule has 1 atom stereocenters. The van der Waals surface area contributed by atoms with Crippen molar-refractivity contribution >= 4 is 57.6 Å². The third kappa shape index (κ3) is 9.09. The van der Waals surface area contributed by atoms with Crippen LogP contribution < -0.4 is 30.3 Å². The molecule has 1 aliphatic heterocycles. The van der Waals surface area contributed by atoms with E-state index in [1.807, 2.05) is 0 Å². The van der Waals surface area contributed by atoms with Crippen LogP contribution in [0.25, 0.3) is 0 Å². The predicted octanol–water partition coefficient (Wildman–Crippen LogP) is 3.77. The Hall–Kier alpha value is -4.30. The van der Waals surface area contributed by atoms with Gasteiger partial charge in [-0.1, -0.05) is 17.7 Å². The van der Waals surface area contributed by atoms with Gasteiger partial charge in [0.1, 0.15) is 0 Å². The van der Waals surface area contributed by atoms with Crippen LogP contribution in [-0.4, -0.2) is 63.6 Å². The van der Waals surface area contributed by atoms with Gasteiger partial charge in [-0.05, 0) is 72.1 Å². The Morgan fingerprint density at radius 1 is 1.07 bits per heavy atom. The Balaban J connectivity index is 1.62. The van der Waals surface area contributed by atoms with E-state index < -0.39 is 36.5 Å². The van der Waals surface area contributed by atoms with Crippen molar-refractivity contribution in [3.8, 4) is 17.2 Å². The fourth-order valence-electron chi connectivity index (χ4n) is 3.89. The fourth-order valence-corrected chi connectivity index (χ4v) is 4.88. The zero-order chi connectivity index (χ0) is 31.5. The number of amides is 3. The van der Waals surface area contributed by atoms with Crippen LogP contribution in [0.3, 0.4) is 0 Å². The van der Waals surface area contributed by atoms with E-state index in [1.54, 1.807) is 51.1 Å². The van der Waals surface area contributed by atoms with Crippen LogP contribution in [0.5, 0.6) is 17.2 Å². The zero-order valence-corrected chi connectivity index (χ0v) is 26.1. The average Bonchev–Trinajstić information content (AvgIpc) is 2.95. The first-order valence-corrected chi connectivity index (χ1v) is 14.1. The average molecular weight is 682 g/mol. The number of allylic oxidation sites excluding steroid dienone is 1. The van der Waals surface area contributed by atoms with E-state index in [9.17, 15) is 19.2 Å². The molecule has 3 N–H and O–H groups in total. The SMILES string of the molecule is CCOC(=O)COc1c(Cl)cc(/C=N\NC(=O)COc2ccc([C@H]3NC(=O)NC(C)=C3C(=O)OCC)cc2OC)cc1Br. The molecule has 0 saturated heterocycles. The molecule has 0 bridgehead atoms. The van der Waals surface area contributed by atoms with E-state index in [1.165, 1.54) is 13.3 Å². The van der Waals surface area contributed by atoms with Gasteiger partial charge in [0.2, 0.25) is 0 Å². The lowest BCUT2D eigenvalue weighted by Crippen LogP contribution is -2.45. The molecule has 0 aromatic heterocycles. The van der Waals surface area contributed by atoms with Crippen LogP contribution in [0, 0.1) is 0 Å². The minimum absolute atomic E-state index is 0.170. The number of ether oxygens (including phenoxy) is 5. The van der Waals surface area contributed by atoms with Gasteiger partial charge in [-0.2, -0.15) is 5.10 Å². The molecule has 43 heavy (non-hydrogen) atoms. The van der Waals surface area contributed by atoms with Crippen molar-refractivity contribution in [2.24, 2.45) is 5.10 Å². The van der Waals surface area contributed by atoms with Gasteiger partial charge in [-0.25, -0.2) is 19.8 Å². The van der Waals surface area contributed by atoms with Crippen molar-refractivity contribution in [2.75, 3.05) is 33.5 Å². The predicted molar refractivity (Wildman–Crippen MR) is 159 cm³/mol. The maximum atomic E-state index is 12.6. The van der Waals surface area contributed by atoms with E-state index in [2.05, 4.69) is 37.1 Å². The normalized spacial score (nSPS) is 14.5. The molecule has 0 fully saturated rings. The van der Waals surface area contributed by atoms with Gasteiger partial charge in [0.15, 0.2) is 30.5 Å². The van der Waals surface area contributed by atoms with Crippen LogP contribution in [0.4, 0.5) is 4.79 Å². The number of nitrogens with one attached hydrogen (secondary N) is 3. The van der Waals surface area contributed by atoms with Crippen molar-refractivity contribution in [2.45, 2.75) is 26.8 Å². The number of rotatable bonds is 13. The minimum atomic E-state index is -0.792. The Kier molecular flexibility index (Phi) is 12.2. The number of carbonyl (C=O) groups excluding carboxylic acids is 4. The van der Waals surface area contributed by atoms with E-state index in [0.29, 0.717) is 21.3 Å². The third-order valence-corrected chi connectivity index (χ3v) is 6.58. The molecule has 3 amide bonds. The molecule has 0 aliphatic carbocycles. The monoisotopic (exact) mass is 680 g/mol. The maximum absolute atomic E-state index is 12.6. The van der Waals surface area contributed by atoms with E-state index >= 15 is 0 Å². The van der Waals surface area contributed by atoms with Crippen LogP contribution in [0.2, 0.25) is 5.02 Å². The third-order valence-electron chi connectivity index (χ3n) is 5.71. The number of hydrogen-bond acceptors (Lipinski definition) is 10. The molecule has 0 spiro atoms. The van der Waals surface area contributed by atoms with Gasteiger partial charge in [0.25, 0.3) is 5.91 Å². The molecule has 3 rings (SSSR count). The zero-order valence-electron chi connectivity index (χ0n) is 23.7. The Morgan fingerprint density at radius 3 is 2.49 bits per heavy atom. The second kappa shape index (κ2) is 15.8. The van der Waals surface area contributed by atoms with Gasteiger partial charge in [-0.3, -0.25) is 4.79 Å². The van der Waals surface area contributed by atoms with Crippen molar-refractivity contribution in [3.63, 3.8) is 0 Å². The maximum Gasteiger partial charge on any atom is 0.344 e. The van der Waals surface area contributed by atoms with Gasteiger partial charge >= 0.3 is 18.0 Å². The lowest BCUT2D eigenvalue weighted by atomic mass is 9.95. The number of urea groups is 1. The Labute approximate surface area is 261 Å². The molecule has 230 valence electrons. The summed E-state index contributed by atoms with van der Waals surface area (Å²) in [6.45, 7) is 4.70. The molecule has 13 nitrogen and oxygen atoms in total. The molecular formula is C28H30BrClN4O9. The number of halogens is 2. The first-order chi connectivity index (χ1) is 20.6. The summed E-state index contributed by atoms with van der Waals surface area (Å²) in [5.41, 5.74) is 4.05. The van der Waals surface area contributed by atoms with Gasteiger partial charge in [-0.15, -0.1) is 0 Å². The van der Waals surface area contributed by atoms with Crippen LogP contribution in [0.15, 0.2) is 51.2 Å². The number of carbonyl (C=O) groups is 4. The Bertz CT molecular complexity index is 1420. The lowest BCUT2D eigenvalue weighted by molar-refractivity contribution is -0.145. The lowest BCUT2D eigenvalue weighted by Gasteiger charge is -2.28. The van der Waals surface area contributed by atoms with Crippen LogP contribution in [0.1, 0.15) is 37.9 Å². The van der Waals surface area contributed by atoms with Gasteiger partial charge in [0, 0.05) is 5.70 Å². The van der Waals surface area contributed by atoms with E-state index in [0.717, 1.165) is 0 Å². The molecule has 15 heteroatoms. The smallest absolute Gasteiger partial charge is 0.344 e. The highest BCUT2D eigenvalue weighted by molar-refractivity contribution is 9.10. The highest BCUT2D eigenvalue weighted by atomic mass is 79.9. The highest BCUT2D eigenvalue weighted by Crippen LogP contribution is 2.35. The summed E-state index contributed by atoms with van der Waals surface area (Å²) in [6, 6.07) is 6.70. The molecule has 2 aromatic rings. The summed E-state index contributed by atoms with van der Waals surface area (Å²) in [4.78, 5) is 48.6. The molecule has 0 radical (unpaired) electrons. The number of esters is 2. The quantitative estimate of drug-likeness (QED) is 0.162. The molecule has 0 unspecified atom stereocenters. The Morgan fingerprint density at radius 2 is 1.81 bits per heavy atom. The number of hydrogen-bond donors (Lipinski definition) is 3. The molecule has 0 saturated carbocycles. The summed E-state index contributed by atoms with van der Waals surface area (Å²) < 4.78 is 26.9. The standard InChI is InChI=1S/C28H30BrClN4O9/c1-5-40-23(36)14-43-26-18(29)9-16(10-19(26)30)12-31-34-22(35)13-42-20-8-7-17(11-21(20)39-4)25-24(27(37)41-6-2)15(3)32-28(38)33-25/h7-12,25H,5-6,13-14H2,1-4H3,(H,34,35)(H2,32,33,38)/b31-12-/t25-/m1/s1. The number of benzene rings is 2. The number of hydrazone groups is 1. The van der Waals surface area contributed by atoms with Crippen LogP contribution in [-0.2, 0) is 23.9 Å². The van der Waals surface area contributed by atoms with E-state index in [4.69, 9.17) is 35.3 Å². The van der Waals surface area contributed by atoms with Crippen molar-refractivity contribution in [3.05, 3.63) is 62.2 Å². The summed E-state index contributed by atoms with van der Waals surface area (Å²) in [6.07, 6.45) is 1.36. The molecular weight excluding hydrogens is 652 g/mol. The summed E-state index contributed by atoms with van der Waals surface area (Å²) >= 11 is 9.59. The molecule has 2 aromatic carbocycles. The van der Waals surface area contributed by atoms with E-state index in [-0.39, 0.29) is 47.7 Å². The van der Waals surface area contributed by atoms with Crippen molar-refractivity contribution < 1.29 is 42.9 Å². The second-order valence-electron chi connectivity index (χ2n) is 8.69. The molecule has 1 heterocycles. The topological polar surface area (TPSA) is 163 Å². The minimum Gasteiger partial charge on any atom is -0.493 e. The largest absolute Gasteiger partial charge is 0.493 e. The summed E-state index contributed by atoms with van der Waals surface area (Å²) in [7, 11) is 1.42. The second-order valence-corrected chi connectivity index (χ2v) is 9.95. The van der Waals surface area contributed by atoms with Crippen molar-refractivity contribution in [1.82, 2.24) is 16.1 Å². The summed E-state index contributed by atoms with van der Waals surface area (Å²) in [5, 5.41) is 9.42. The van der Waals surface area contributed by atoms with Crippen molar-refractivity contribution in [1.29, 1.82) is 0 Å². The summed E-state index contributed by atoms with van der Waals surface area (Å²) in [5.74, 6) is -0.877. The first-order valence-electron chi connectivity index (χ1n) is 12.9. The van der Waals surface area contributed by atoms with Crippen LogP contribution >= 0.6 is 27.5 Å². The highest BCUT2D eigenvalue weighted by Gasteiger charge is 2.32. The number of nitrogens with zero attached hydrogens (tertiary/aromatic N) is 1.